The Kier molecular flexibility index (Phi) is 9.88. The molecule has 0 aliphatic carbocycles. The van der Waals surface area contributed by atoms with Crippen molar-refractivity contribution in [2.45, 2.75) is 12.5 Å². The number of nitrogens with one attached hydrogen (secondary N) is 4. The van der Waals surface area contributed by atoms with Gasteiger partial charge in [0.05, 0.1) is 26.1 Å². The molecule has 0 aromatic carbocycles. The van der Waals surface area contributed by atoms with Crippen LogP contribution in [0, 0.1) is 0 Å². The van der Waals surface area contributed by atoms with Crippen LogP contribution in [-0.2, 0) is 28.8 Å². The second-order valence-electron chi connectivity index (χ2n) is 4.59. The third-order valence-corrected chi connectivity index (χ3v) is 2.52. The Balaban J connectivity index is 4.43. The predicted octanol–water partition coefficient (Wildman–Crippen LogP) is -4.66. The standard InChI is InChI=1S/C12H19N5O8/c13-2-7(18)14-3-8(19)15-4-9(20)17-6(1-10(21)22)12(25)16-5-11(23)24/h6H,1-5,13H2,(H,14,18)(H,15,19)(H,16,25)(H,17,20)(H,21,22)(H,23,24)/t6-/m0/s1. The fourth-order valence-electron chi connectivity index (χ4n) is 1.41. The first-order chi connectivity index (χ1) is 11.6. The minimum atomic E-state index is -1.52. The van der Waals surface area contributed by atoms with Crippen LogP contribution in [0.3, 0.4) is 0 Å². The molecule has 13 heteroatoms. The number of nitrogens with two attached hydrogens (primary N) is 1. The highest BCUT2D eigenvalue weighted by molar-refractivity contribution is 5.93. The lowest BCUT2D eigenvalue weighted by Crippen LogP contribution is -2.51. The lowest BCUT2D eigenvalue weighted by Gasteiger charge is -2.16. The number of carboxylic acids is 2. The largest absolute Gasteiger partial charge is 0.481 e. The molecule has 0 spiro atoms. The summed E-state index contributed by atoms with van der Waals surface area (Å²) in [6.45, 7) is -2.06. The molecule has 13 nitrogen and oxygen atoms in total. The molecule has 140 valence electrons. The monoisotopic (exact) mass is 361 g/mol. The smallest absolute Gasteiger partial charge is 0.322 e. The van der Waals surface area contributed by atoms with Gasteiger partial charge in [0.25, 0.3) is 0 Å². The van der Waals surface area contributed by atoms with Crippen LogP contribution in [-0.4, -0.2) is 78.0 Å². The highest BCUT2D eigenvalue weighted by Crippen LogP contribution is 1.93. The van der Waals surface area contributed by atoms with Gasteiger partial charge >= 0.3 is 11.9 Å². The van der Waals surface area contributed by atoms with Gasteiger partial charge in [-0.3, -0.25) is 28.8 Å². The molecule has 0 rings (SSSR count). The molecule has 0 fully saturated rings. The van der Waals surface area contributed by atoms with Crippen molar-refractivity contribution in [3.8, 4) is 0 Å². The molecule has 25 heavy (non-hydrogen) atoms. The summed E-state index contributed by atoms with van der Waals surface area (Å²) in [5.74, 6) is -5.90. The van der Waals surface area contributed by atoms with Crippen LogP contribution in [0.15, 0.2) is 0 Å². The summed E-state index contributed by atoms with van der Waals surface area (Å²) >= 11 is 0. The van der Waals surface area contributed by atoms with Crippen molar-refractivity contribution < 1.29 is 39.0 Å². The number of amides is 4. The molecule has 0 saturated heterocycles. The number of hydrogen-bond donors (Lipinski definition) is 7. The van der Waals surface area contributed by atoms with Crippen molar-refractivity contribution in [1.82, 2.24) is 21.3 Å². The molecule has 0 aromatic heterocycles. The maximum atomic E-state index is 11.7. The number of carboxylic acid groups (broad SMARTS) is 2. The van der Waals surface area contributed by atoms with E-state index in [0.717, 1.165) is 0 Å². The molecular weight excluding hydrogens is 342 g/mol. The van der Waals surface area contributed by atoms with E-state index in [-0.39, 0.29) is 6.54 Å². The van der Waals surface area contributed by atoms with Crippen LogP contribution in [0.4, 0.5) is 0 Å². The molecule has 0 unspecified atom stereocenters. The van der Waals surface area contributed by atoms with E-state index in [1.807, 2.05) is 5.32 Å². The van der Waals surface area contributed by atoms with E-state index < -0.39 is 67.7 Å². The van der Waals surface area contributed by atoms with E-state index in [0.29, 0.717) is 0 Å². The van der Waals surface area contributed by atoms with Crippen molar-refractivity contribution in [3.63, 3.8) is 0 Å². The molecule has 0 bridgehead atoms. The van der Waals surface area contributed by atoms with Gasteiger partial charge in [0, 0.05) is 0 Å². The van der Waals surface area contributed by atoms with Gasteiger partial charge in [-0.15, -0.1) is 0 Å². The molecule has 0 saturated carbocycles. The lowest BCUT2D eigenvalue weighted by atomic mass is 10.2. The molecule has 0 aliphatic heterocycles. The average molecular weight is 361 g/mol. The minimum absolute atomic E-state index is 0.309. The predicted molar refractivity (Wildman–Crippen MR) is 79.9 cm³/mol. The second-order valence-corrected chi connectivity index (χ2v) is 4.59. The summed E-state index contributed by atoms with van der Waals surface area (Å²) in [5.41, 5.74) is 5.02. The Bertz CT molecular complexity index is 550. The van der Waals surface area contributed by atoms with Gasteiger partial charge in [-0.25, -0.2) is 0 Å². The summed E-state index contributed by atoms with van der Waals surface area (Å²) in [6, 6.07) is -1.52. The Morgan fingerprint density at radius 2 is 1.32 bits per heavy atom. The first kappa shape index (κ1) is 21.8. The second kappa shape index (κ2) is 11.3. The zero-order valence-corrected chi connectivity index (χ0v) is 13.0. The number of carbonyl (C=O) groups excluding carboxylic acids is 4. The number of aliphatic carboxylic acids is 2. The van der Waals surface area contributed by atoms with Crippen molar-refractivity contribution in [2.24, 2.45) is 5.73 Å². The van der Waals surface area contributed by atoms with Crippen LogP contribution in [0.5, 0.6) is 0 Å². The van der Waals surface area contributed by atoms with Crippen LogP contribution >= 0.6 is 0 Å². The van der Waals surface area contributed by atoms with Crippen LogP contribution in [0.25, 0.3) is 0 Å². The highest BCUT2D eigenvalue weighted by atomic mass is 16.4. The Hall–Kier alpha value is -3.22. The SMILES string of the molecule is NCC(=O)NCC(=O)NCC(=O)N[C@@H](CC(=O)O)C(=O)NCC(=O)O. The topological polar surface area (TPSA) is 217 Å². The highest BCUT2D eigenvalue weighted by Gasteiger charge is 2.24. The quantitative estimate of drug-likeness (QED) is 0.188. The molecule has 8 N–H and O–H groups in total. The van der Waals surface area contributed by atoms with Gasteiger partial charge in [0.15, 0.2) is 0 Å². The zero-order chi connectivity index (χ0) is 19.4. The van der Waals surface area contributed by atoms with E-state index in [9.17, 15) is 28.8 Å². The van der Waals surface area contributed by atoms with E-state index in [1.165, 1.54) is 0 Å². The minimum Gasteiger partial charge on any atom is -0.481 e. The average Bonchev–Trinajstić information content (AvgIpc) is 2.54. The third kappa shape index (κ3) is 11.0. The summed E-state index contributed by atoms with van der Waals surface area (Å²) in [4.78, 5) is 66.6. The van der Waals surface area contributed by atoms with Gasteiger partial charge < -0.3 is 37.2 Å². The summed E-state index contributed by atoms with van der Waals surface area (Å²) in [6.07, 6.45) is -0.780. The maximum Gasteiger partial charge on any atom is 0.322 e. The zero-order valence-electron chi connectivity index (χ0n) is 13.0. The first-order valence-corrected chi connectivity index (χ1v) is 6.89. The molecule has 1 atom stereocenters. The fourth-order valence-corrected chi connectivity index (χ4v) is 1.41. The van der Waals surface area contributed by atoms with E-state index in [4.69, 9.17) is 15.9 Å². The number of hydrogen-bond acceptors (Lipinski definition) is 7. The Morgan fingerprint density at radius 3 is 1.84 bits per heavy atom. The van der Waals surface area contributed by atoms with Crippen molar-refractivity contribution in [2.75, 3.05) is 26.2 Å². The van der Waals surface area contributed by atoms with E-state index >= 15 is 0 Å². The number of rotatable bonds is 11. The summed E-state index contributed by atoms with van der Waals surface area (Å²) in [5, 5.41) is 25.5. The molecular formula is C12H19N5O8. The van der Waals surface area contributed by atoms with E-state index in [2.05, 4.69) is 16.0 Å². The molecule has 0 radical (unpaired) electrons. The fraction of sp³-hybridized carbons (Fsp3) is 0.500. The Morgan fingerprint density at radius 1 is 0.760 bits per heavy atom. The summed E-state index contributed by atoms with van der Waals surface area (Å²) < 4.78 is 0. The first-order valence-electron chi connectivity index (χ1n) is 6.89. The molecule has 0 heterocycles. The van der Waals surface area contributed by atoms with Crippen LogP contribution in [0.1, 0.15) is 6.42 Å². The molecule has 4 amide bonds. The van der Waals surface area contributed by atoms with Gasteiger partial charge in [0.2, 0.25) is 23.6 Å². The third-order valence-electron chi connectivity index (χ3n) is 2.52. The van der Waals surface area contributed by atoms with Gasteiger partial charge in [-0.2, -0.15) is 0 Å². The molecule has 0 aromatic rings. The normalized spacial score (nSPS) is 10.9. The van der Waals surface area contributed by atoms with E-state index in [1.54, 1.807) is 0 Å². The number of carbonyl (C=O) groups is 6. The van der Waals surface area contributed by atoms with Gasteiger partial charge in [-0.1, -0.05) is 0 Å². The van der Waals surface area contributed by atoms with Crippen molar-refractivity contribution in [3.05, 3.63) is 0 Å². The Labute approximate surface area is 141 Å². The van der Waals surface area contributed by atoms with Crippen molar-refractivity contribution in [1.29, 1.82) is 0 Å². The van der Waals surface area contributed by atoms with Crippen LogP contribution < -0.4 is 27.0 Å². The van der Waals surface area contributed by atoms with Gasteiger partial charge in [0.1, 0.15) is 12.6 Å². The molecule has 0 aliphatic rings. The maximum absolute atomic E-state index is 11.7. The van der Waals surface area contributed by atoms with Gasteiger partial charge in [-0.05, 0) is 0 Å². The summed E-state index contributed by atoms with van der Waals surface area (Å²) in [7, 11) is 0. The lowest BCUT2D eigenvalue weighted by molar-refractivity contribution is -0.141. The van der Waals surface area contributed by atoms with Crippen LogP contribution in [0.2, 0.25) is 0 Å². The van der Waals surface area contributed by atoms with Crippen molar-refractivity contribution >= 4 is 35.6 Å².